The van der Waals surface area contributed by atoms with Gasteiger partial charge in [0.1, 0.15) is 22.8 Å². The summed E-state index contributed by atoms with van der Waals surface area (Å²) in [5.74, 6) is -0.649. The highest BCUT2D eigenvalue weighted by atomic mass is 16.5. The number of aromatic nitrogens is 1. The number of carbonyl (C=O) groups is 2. The summed E-state index contributed by atoms with van der Waals surface area (Å²) in [5.41, 5.74) is 2.21. The molecule has 1 atom stereocenters. The summed E-state index contributed by atoms with van der Waals surface area (Å²) in [6.45, 7) is 0. The number of fused-ring (bicyclic) bond motifs is 1. The fourth-order valence-corrected chi connectivity index (χ4v) is 3.80. The number of nitrogens with one attached hydrogen (secondary N) is 1. The fourth-order valence-electron chi connectivity index (χ4n) is 3.80. The Morgan fingerprint density at radius 2 is 1.87 bits per heavy atom. The van der Waals surface area contributed by atoms with Gasteiger partial charge in [0, 0.05) is 24.6 Å². The van der Waals surface area contributed by atoms with E-state index in [1.54, 1.807) is 54.1 Å². The second-order valence-corrected chi connectivity index (χ2v) is 6.91. The van der Waals surface area contributed by atoms with Crippen LogP contribution in [0.2, 0.25) is 0 Å². The number of carboxylic acids is 1. The number of methoxy groups -OCH3 is 2. The molecule has 154 valence electrons. The normalized spacial score (nSPS) is 15.3. The number of aromatic carboxylic acids is 1. The van der Waals surface area contributed by atoms with E-state index in [0.717, 1.165) is 5.56 Å². The SMILES string of the molecule is COc1ccc(OC)c(-n2cc(C(=O)O)c3c2[C@H](c2ccc(O)cc2)CC(=O)N3)c1. The molecule has 30 heavy (non-hydrogen) atoms. The van der Waals surface area contributed by atoms with Crippen LogP contribution in [-0.2, 0) is 4.79 Å². The summed E-state index contributed by atoms with van der Waals surface area (Å²) in [4.78, 5) is 24.3. The average molecular weight is 408 g/mol. The Morgan fingerprint density at radius 1 is 1.13 bits per heavy atom. The van der Waals surface area contributed by atoms with Crippen LogP contribution < -0.4 is 14.8 Å². The molecule has 0 fully saturated rings. The number of anilines is 1. The zero-order chi connectivity index (χ0) is 21.4. The molecule has 0 bridgehead atoms. The summed E-state index contributed by atoms with van der Waals surface area (Å²) in [7, 11) is 3.07. The Labute approximate surface area is 172 Å². The van der Waals surface area contributed by atoms with Crippen LogP contribution in [0.25, 0.3) is 5.69 Å². The highest BCUT2D eigenvalue weighted by Crippen LogP contribution is 2.43. The molecule has 1 amide bonds. The summed E-state index contributed by atoms with van der Waals surface area (Å²) < 4.78 is 12.5. The van der Waals surface area contributed by atoms with Gasteiger partial charge >= 0.3 is 5.97 Å². The maximum Gasteiger partial charge on any atom is 0.339 e. The number of carboxylic acid groups (broad SMARTS) is 1. The molecule has 1 aromatic heterocycles. The molecule has 0 radical (unpaired) electrons. The van der Waals surface area contributed by atoms with E-state index in [0.29, 0.717) is 22.9 Å². The van der Waals surface area contributed by atoms with Crippen LogP contribution in [0.1, 0.15) is 34.0 Å². The second-order valence-electron chi connectivity index (χ2n) is 6.91. The van der Waals surface area contributed by atoms with Crippen molar-refractivity contribution in [1.29, 1.82) is 0 Å². The first-order chi connectivity index (χ1) is 14.4. The molecule has 1 aliphatic rings. The Bertz CT molecular complexity index is 1130. The molecule has 3 aromatic rings. The third-order valence-electron chi connectivity index (χ3n) is 5.20. The zero-order valence-corrected chi connectivity index (χ0v) is 16.4. The van der Waals surface area contributed by atoms with Gasteiger partial charge in [0.25, 0.3) is 0 Å². The number of phenolic OH excluding ortho intramolecular Hbond substituents is 1. The van der Waals surface area contributed by atoms with Crippen molar-refractivity contribution in [3.05, 3.63) is 65.5 Å². The fraction of sp³-hybridized carbons (Fsp3) is 0.182. The molecule has 0 unspecified atom stereocenters. The molecule has 3 N–H and O–H groups in total. The van der Waals surface area contributed by atoms with Crippen LogP contribution in [-0.4, -0.2) is 40.9 Å². The molecule has 0 aliphatic carbocycles. The van der Waals surface area contributed by atoms with Gasteiger partial charge in [-0.05, 0) is 29.8 Å². The number of hydrogen-bond acceptors (Lipinski definition) is 5. The van der Waals surface area contributed by atoms with Crippen LogP contribution in [0.4, 0.5) is 5.69 Å². The molecule has 8 heteroatoms. The van der Waals surface area contributed by atoms with E-state index in [2.05, 4.69) is 5.32 Å². The van der Waals surface area contributed by atoms with Crippen molar-refractivity contribution < 1.29 is 29.3 Å². The standard InChI is InChI=1S/C22H20N2O6/c1-29-14-7-8-18(30-2)17(9-14)24-11-16(22(27)28)20-21(24)15(10-19(26)23-20)12-3-5-13(25)6-4-12/h3-9,11,15,25H,10H2,1-2H3,(H,23,26)(H,27,28)/t15-/m0/s1. The monoisotopic (exact) mass is 408 g/mol. The summed E-state index contributed by atoms with van der Waals surface area (Å²) >= 11 is 0. The number of benzene rings is 2. The third-order valence-corrected chi connectivity index (χ3v) is 5.20. The lowest BCUT2D eigenvalue weighted by molar-refractivity contribution is -0.116. The van der Waals surface area contributed by atoms with E-state index in [9.17, 15) is 19.8 Å². The van der Waals surface area contributed by atoms with E-state index in [4.69, 9.17) is 9.47 Å². The number of carbonyl (C=O) groups excluding carboxylic acids is 1. The average Bonchev–Trinajstić information content (AvgIpc) is 3.12. The highest BCUT2D eigenvalue weighted by molar-refractivity contribution is 6.04. The molecule has 4 rings (SSSR count). The van der Waals surface area contributed by atoms with E-state index >= 15 is 0 Å². The number of rotatable bonds is 5. The maximum atomic E-state index is 12.4. The third kappa shape index (κ3) is 3.22. The van der Waals surface area contributed by atoms with Crippen LogP contribution in [0.5, 0.6) is 17.2 Å². The Hall–Kier alpha value is -3.94. The number of hydrogen-bond donors (Lipinski definition) is 3. The van der Waals surface area contributed by atoms with Gasteiger partial charge in [0.05, 0.1) is 31.3 Å². The lowest BCUT2D eigenvalue weighted by atomic mass is 9.88. The maximum absolute atomic E-state index is 12.4. The smallest absolute Gasteiger partial charge is 0.339 e. The van der Waals surface area contributed by atoms with Crippen LogP contribution in [0.3, 0.4) is 0 Å². The first-order valence-electron chi connectivity index (χ1n) is 9.22. The van der Waals surface area contributed by atoms with Gasteiger partial charge in [0.2, 0.25) is 5.91 Å². The van der Waals surface area contributed by atoms with Gasteiger partial charge in [-0.15, -0.1) is 0 Å². The number of phenols is 1. The molecule has 2 heterocycles. The van der Waals surface area contributed by atoms with Crippen molar-refractivity contribution in [2.75, 3.05) is 19.5 Å². The van der Waals surface area contributed by atoms with Gasteiger partial charge in [-0.3, -0.25) is 4.79 Å². The Balaban J connectivity index is 2.00. The predicted molar refractivity (Wildman–Crippen MR) is 109 cm³/mol. The first kappa shape index (κ1) is 19.4. The van der Waals surface area contributed by atoms with E-state index in [1.165, 1.54) is 13.3 Å². The minimum atomic E-state index is -1.15. The predicted octanol–water partition coefficient (Wildman–Crippen LogP) is 3.37. The van der Waals surface area contributed by atoms with Gasteiger partial charge in [-0.1, -0.05) is 12.1 Å². The van der Waals surface area contributed by atoms with Gasteiger partial charge in [0.15, 0.2) is 0 Å². The summed E-state index contributed by atoms with van der Waals surface area (Å²) in [6, 6.07) is 11.8. The minimum absolute atomic E-state index is 0.0216. The molecule has 1 aliphatic heterocycles. The van der Waals surface area contributed by atoms with E-state index < -0.39 is 11.9 Å². The highest BCUT2D eigenvalue weighted by Gasteiger charge is 2.35. The van der Waals surface area contributed by atoms with Crippen molar-refractivity contribution >= 4 is 17.6 Å². The molecular weight excluding hydrogens is 388 g/mol. The topological polar surface area (TPSA) is 110 Å². The Morgan fingerprint density at radius 3 is 2.50 bits per heavy atom. The number of ether oxygens (including phenoxy) is 2. The number of amides is 1. The number of aromatic hydroxyl groups is 1. The van der Waals surface area contributed by atoms with Crippen LogP contribution in [0, 0.1) is 0 Å². The molecule has 0 saturated carbocycles. The Kier molecular flexibility index (Phi) is 4.83. The summed E-state index contributed by atoms with van der Waals surface area (Å²) in [5, 5.41) is 22.1. The van der Waals surface area contributed by atoms with E-state index in [-0.39, 0.29) is 29.3 Å². The molecule has 2 aromatic carbocycles. The molecule has 0 spiro atoms. The minimum Gasteiger partial charge on any atom is -0.508 e. The first-order valence-corrected chi connectivity index (χ1v) is 9.22. The van der Waals surface area contributed by atoms with E-state index in [1.807, 2.05) is 0 Å². The van der Waals surface area contributed by atoms with Crippen molar-refractivity contribution in [1.82, 2.24) is 4.57 Å². The van der Waals surface area contributed by atoms with Crippen LogP contribution in [0.15, 0.2) is 48.7 Å². The van der Waals surface area contributed by atoms with Crippen molar-refractivity contribution in [2.24, 2.45) is 0 Å². The summed E-state index contributed by atoms with van der Waals surface area (Å²) in [6.07, 6.45) is 1.61. The van der Waals surface area contributed by atoms with Crippen molar-refractivity contribution in [2.45, 2.75) is 12.3 Å². The lowest BCUT2D eigenvalue weighted by Crippen LogP contribution is -2.25. The van der Waals surface area contributed by atoms with Crippen molar-refractivity contribution in [3.63, 3.8) is 0 Å². The van der Waals surface area contributed by atoms with Crippen molar-refractivity contribution in [3.8, 4) is 22.9 Å². The van der Waals surface area contributed by atoms with Crippen LogP contribution >= 0.6 is 0 Å². The van der Waals surface area contributed by atoms with Gasteiger partial charge in [-0.2, -0.15) is 0 Å². The molecule has 0 saturated heterocycles. The number of nitrogens with zero attached hydrogens (tertiary/aromatic N) is 1. The van der Waals surface area contributed by atoms with Gasteiger partial charge in [-0.25, -0.2) is 4.79 Å². The lowest BCUT2D eigenvalue weighted by Gasteiger charge is -2.26. The second kappa shape index (κ2) is 7.47. The molecule has 8 nitrogen and oxygen atoms in total. The molecular formula is C22H20N2O6. The largest absolute Gasteiger partial charge is 0.508 e. The zero-order valence-electron chi connectivity index (χ0n) is 16.4. The quantitative estimate of drug-likeness (QED) is 0.597. The van der Waals surface area contributed by atoms with Gasteiger partial charge < -0.3 is 29.6 Å².